The van der Waals surface area contributed by atoms with Crippen molar-refractivity contribution in [2.45, 2.75) is 58.1 Å². The molecule has 1 aliphatic rings. The van der Waals surface area contributed by atoms with Crippen molar-refractivity contribution in [3.05, 3.63) is 29.3 Å². The van der Waals surface area contributed by atoms with Gasteiger partial charge in [0.25, 0.3) is 0 Å². The molecule has 0 bridgehead atoms. The molecule has 0 heterocycles. The Bertz CT molecular complexity index is 414. The van der Waals surface area contributed by atoms with Crippen LogP contribution in [0.5, 0.6) is 5.75 Å². The minimum absolute atomic E-state index is 0.132. The summed E-state index contributed by atoms with van der Waals surface area (Å²) >= 11 is 0. The SMILES string of the molecule is CNC1CC(Oc2ccc(C)cc2C(C)(C)C)C1. The average molecular weight is 247 g/mol. The summed E-state index contributed by atoms with van der Waals surface area (Å²) in [4.78, 5) is 0. The zero-order valence-corrected chi connectivity index (χ0v) is 12.2. The van der Waals surface area contributed by atoms with Crippen LogP contribution in [0.25, 0.3) is 0 Å². The first-order valence-electron chi connectivity index (χ1n) is 6.85. The van der Waals surface area contributed by atoms with Gasteiger partial charge in [0.15, 0.2) is 0 Å². The Morgan fingerprint density at radius 3 is 2.44 bits per heavy atom. The highest BCUT2D eigenvalue weighted by atomic mass is 16.5. The summed E-state index contributed by atoms with van der Waals surface area (Å²) in [6, 6.07) is 7.16. The standard InChI is InChI=1S/C16H25NO/c1-11-6-7-15(14(8-11)16(2,3)4)18-13-9-12(10-13)17-5/h6-8,12-13,17H,9-10H2,1-5H3. The second-order valence-corrected chi connectivity index (χ2v) is 6.45. The fourth-order valence-corrected chi connectivity index (χ4v) is 2.41. The zero-order chi connectivity index (χ0) is 13.3. The molecule has 2 nitrogen and oxygen atoms in total. The molecule has 0 radical (unpaired) electrons. The number of ether oxygens (including phenoxy) is 1. The van der Waals surface area contributed by atoms with E-state index in [0.717, 1.165) is 18.6 Å². The Kier molecular flexibility index (Phi) is 3.67. The molecule has 0 amide bonds. The first-order chi connectivity index (χ1) is 8.40. The van der Waals surface area contributed by atoms with E-state index in [1.165, 1.54) is 11.1 Å². The third-order valence-corrected chi connectivity index (χ3v) is 3.74. The Hall–Kier alpha value is -1.02. The molecule has 2 heteroatoms. The molecule has 0 aromatic heterocycles. The van der Waals surface area contributed by atoms with E-state index in [9.17, 15) is 0 Å². The number of benzene rings is 1. The molecule has 1 aliphatic carbocycles. The Labute approximate surface area is 111 Å². The molecule has 0 saturated heterocycles. The summed E-state index contributed by atoms with van der Waals surface area (Å²) in [6.45, 7) is 8.86. The Balaban J connectivity index is 2.13. The molecular formula is C16H25NO. The second kappa shape index (κ2) is 4.93. The van der Waals surface area contributed by atoms with Crippen LogP contribution in [0.3, 0.4) is 0 Å². The maximum Gasteiger partial charge on any atom is 0.123 e. The van der Waals surface area contributed by atoms with E-state index in [1.807, 2.05) is 7.05 Å². The lowest BCUT2D eigenvalue weighted by atomic mass is 9.85. The van der Waals surface area contributed by atoms with Gasteiger partial charge < -0.3 is 10.1 Å². The first-order valence-corrected chi connectivity index (χ1v) is 6.85. The molecule has 0 unspecified atom stereocenters. The van der Waals surface area contributed by atoms with Gasteiger partial charge in [0.2, 0.25) is 0 Å². The summed E-state index contributed by atoms with van der Waals surface area (Å²) in [5.41, 5.74) is 2.75. The largest absolute Gasteiger partial charge is 0.490 e. The molecule has 1 aromatic carbocycles. The number of hydrogen-bond acceptors (Lipinski definition) is 2. The van der Waals surface area contributed by atoms with Gasteiger partial charge in [-0.2, -0.15) is 0 Å². The molecule has 1 fully saturated rings. The molecule has 1 aromatic rings. The van der Waals surface area contributed by atoms with Crippen LogP contribution in [0.2, 0.25) is 0 Å². The van der Waals surface area contributed by atoms with Crippen molar-refractivity contribution in [2.75, 3.05) is 7.05 Å². The predicted octanol–water partition coefficient (Wildman–Crippen LogP) is 3.42. The summed E-state index contributed by atoms with van der Waals surface area (Å²) < 4.78 is 6.16. The van der Waals surface area contributed by atoms with E-state index >= 15 is 0 Å². The van der Waals surface area contributed by atoms with Gasteiger partial charge in [-0.05, 0) is 43.9 Å². The van der Waals surface area contributed by atoms with Crippen molar-refractivity contribution >= 4 is 0 Å². The third-order valence-electron chi connectivity index (χ3n) is 3.74. The average Bonchev–Trinajstić information content (AvgIpc) is 2.23. The van der Waals surface area contributed by atoms with Crippen molar-refractivity contribution in [3.63, 3.8) is 0 Å². The van der Waals surface area contributed by atoms with Crippen LogP contribution in [0.1, 0.15) is 44.7 Å². The number of nitrogens with one attached hydrogen (secondary N) is 1. The van der Waals surface area contributed by atoms with E-state index in [1.54, 1.807) is 0 Å². The highest BCUT2D eigenvalue weighted by molar-refractivity contribution is 5.41. The summed E-state index contributed by atoms with van der Waals surface area (Å²) in [6.07, 6.45) is 2.62. The third kappa shape index (κ3) is 2.86. The maximum atomic E-state index is 6.16. The zero-order valence-electron chi connectivity index (χ0n) is 12.2. The van der Waals surface area contributed by atoms with Gasteiger partial charge in [-0.25, -0.2) is 0 Å². The lowest BCUT2D eigenvalue weighted by Gasteiger charge is -2.36. The lowest BCUT2D eigenvalue weighted by molar-refractivity contribution is 0.0865. The van der Waals surface area contributed by atoms with E-state index in [-0.39, 0.29) is 5.41 Å². The van der Waals surface area contributed by atoms with Gasteiger partial charge in [0, 0.05) is 6.04 Å². The van der Waals surface area contributed by atoms with Crippen molar-refractivity contribution in [2.24, 2.45) is 0 Å². The topological polar surface area (TPSA) is 21.3 Å². The van der Waals surface area contributed by atoms with Crippen molar-refractivity contribution < 1.29 is 4.74 Å². The van der Waals surface area contributed by atoms with Crippen LogP contribution >= 0.6 is 0 Å². The van der Waals surface area contributed by atoms with E-state index in [4.69, 9.17) is 4.74 Å². The van der Waals surface area contributed by atoms with Crippen LogP contribution in [-0.4, -0.2) is 19.2 Å². The summed E-state index contributed by atoms with van der Waals surface area (Å²) in [7, 11) is 2.02. The van der Waals surface area contributed by atoms with Crippen LogP contribution in [-0.2, 0) is 5.41 Å². The van der Waals surface area contributed by atoms with Crippen LogP contribution in [0.4, 0.5) is 0 Å². The van der Waals surface area contributed by atoms with Gasteiger partial charge >= 0.3 is 0 Å². The minimum atomic E-state index is 0.132. The lowest BCUT2D eigenvalue weighted by Crippen LogP contribution is -2.45. The van der Waals surface area contributed by atoms with Gasteiger partial charge in [-0.15, -0.1) is 0 Å². The van der Waals surface area contributed by atoms with Crippen molar-refractivity contribution in [1.82, 2.24) is 5.32 Å². The van der Waals surface area contributed by atoms with Crippen LogP contribution in [0.15, 0.2) is 18.2 Å². The molecule has 0 atom stereocenters. The second-order valence-electron chi connectivity index (χ2n) is 6.45. The Morgan fingerprint density at radius 1 is 1.22 bits per heavy atom. The van der Waals surface area contributed by atoms with Crippen molar-refractivity contribution in [3.8, 4) is 5.75 Å². The molecule has 1 N–H and O–H groups in total. The van der Waals surface area contributed by atoms with Gasteiger partial charge in [0.05, 0.1) is 0 Å². The van der Waals surface area contributed by atoms with Gasteiger partial charge in [0.1, 0.15) is 11.9 Å². The molecule has 2 rings (SSSR count). The normalized spacial score (nSPS) is 23.6. The maximum absolute atomic E-state index is 6.16. The predicted molar refractivity (Wildman–Crippen MR) is 76.4 cm³/mol. The Morgan fingerprint density at radius 2 is 1.89 bits per heavy atom. The molecule has 1 saturated carbocycles. The number of hydrogen-bond donors (Lipinski definition) is 1. The smallest absolute Gasteiger partial charge is 0.123 e. The van der Waals surface area contributed by atoms with E-state index in [0.29, 0.717) is 12.1 Å². The fourth-order valence-electron chi connectivity index (χ4n) is 2.41. The highest BCUT2D eigenvalue weighted by Crippen LogP contribution is 2.35. The molecule has 100 valence electrons. The molecule has 18 heavy (non-hydrogen) atoms. The first kappa shape index (κ1) is 13.4. The summed E-state index contributed by atoms with van der Waals surface area (Å²) in [5, 5.41) is 3.29. The van der Waals surface area contributed by atoms with Crippen LogP contribution < -0.4 is 10.1 Å². The monoisotopic (exact) mass is 247 g/mol. The van der Waals surface area contributed by atoms with E-state index in [2.05, 4.69) is 51.2 Å². The minimum Gasteiger partial charge on any atom is -0.490 e. The quantitative estimate of drug-likeness (QED) is 0.883. The van der Waals surface area contributed by atoms with Gasteiger partial charge in [-0.3, -0.25) is 0 Å². The molecular weight excluding hydrogens is 222 g/mol. The van der Waals surface area contributed by atoms with E-state index < -0.39 is 0 Å². The number of aryl methyl sites for hydroxylation is 1. The fraction of sp³-hybridized carbons (Fsp3) is 0.625. The van der Waals surface area contributed by atoms with Gasteiger partial charge in [-0.1, -0.05) is 38.5 Å². The summed E-state index contributed by atoms with van der Waals surface area (Å²) in [5.74, 6) is 1.06. The van der Waals surface area contributed by atoms with Crippen LogP contribution in [0, 0.1) is 6.92 Å². The van der Waals surface area contributed by atoms with Crippen molar-refractivity contribution in [1.29, 1.82) is 0 Å². The molecule has 0 aliphatic heterocycles. The highest BCUT2D eigenvalue weighted by Gasteiger charge is 2.31. The molecule has 0 spiro atoms. The number of rotatable bonds is 3.